The second-order valence-electron chi connectivity index (χ2n) is 3.14. The van der Waals surface area contributed by atoms with Gasteiger partial charge in [0.15, 0.2) is 0 Å². The summed E-state index contributed by atoms with van der Waals surface area (Å²) in [6, 6.07) is -0.763. The first-order valence-corrected chi connectivity index (χ1v) is 4.23. The summed E-state index contributed by atoms with van der Waals surface area (Å²) < 4.78 is 4.93. The van der Waals surface area contributed by atoms with E-state index in [1.54, 1.807) is 6.92 Å². The fourth-order valence-electron chi connectivity index (χ4n) is 1.19. The number of hydrogen-bond donors (Lipinski definition) is 2. The molecule has 14 heavy (non-hydrogen) atoms. The predicted molar refractivity (Wildman–Crippen MR) is 46.3 cm³/mol. The standard InChI is InChI=1S/C8H12N2O4/c1-4(14-2)3-5-6(11)9-8(13)10-7(5)12/h4-5H,3H2,1-2H3,(H2,9,10,11,12,13). The monoisotopic (exact) mass is 200 g/mol. The highest BCUT2D eigenvalue weighted by Gasteiger charge is 2.34. The van der Waals surface area contributed by atoms with Gasteiger partial charge in [0.1, 0.15) is 5.92 Å². The summed E-state index contributed by atoms with van der Waals surface area (Å²) in [6.45, 7) is 1.75. The summed E-state index contributed by atoms with van der Waals surface area (Å²) in [6.07, 6.45) is 0.0613. The van der Waals surface area contributed by atoms with Crippen LogP contribution in [0.2, 0.25) is 0 Å². The lowest BCUT2D eigenvalue weighted by Crippen LogP contribution is -2.56. The molecule has 0 aromatic heterocycles. The molecule has 1 rings (SSSR count). The molecule has 78 valence electrons. The second kappa shape index (κ2) is 4.19. The third-order valence-electron chi connectivity index (χ3n) is 2.08. The zero-order valence-corrected chi connectivity index (χ0v) is 7.99. The van der Waals surface area contributed by atoms with Crippen molar-refractivity contribution < 1.29 is 19.1 Å². The first kappa shape index (κ1) is 10.6. The predicted octanol–water partition coefficient (Wildman–Crippen LogP) is -0.606. The number of barbiturate groups is 1. The largest absolute Gasteiger partial charge is 0.382 e. The number of amides is 4. The van der Waals surface area contributed by atoms with Crippen molar-refractivity contribution in [3.05, 3.63) is 0 Å². The number of rotatable bonds is 3. The van der Waals surface area contributed by atoms with E-state index in [0.717, 1.165) is 0 Å². The lowest BCUT2D eigenvalue weighted by atomic mass is 9.99. The minimum atomic E-state index is -0.845. The average molecular weight is 200 g/mol. The van der Waals surface area contributed by atoms with E-state index >= 15 is 0 Å². The SMILES string of the molecule is COC(C)CC1C(=O)NC(=O)NC1=O. The normalized spacial score (nSPS) is 20.3. The summed E-state index contributed by atoms with van der Waals surface area (Å²) in [5.74, 6) is -1.98. The number of nitrogens with one attached hydrogen (secondary N) is 2. The van der Waals surface area contributed by atoms with Gasteiger partial charge in [0.05, 0.1) is 6.10 Å². The molecule has 6 heteroatoms. The molecule has 1 fully saturated rings. The van der Waals surface area contributed by atoms with Gasteiger partial charge < -0.3 is 4.74 Å². The molecule has 6 nitrogen and oxygen atoms in total. The first-order chi connectivity index (χ1) is 6.54. The Morgan fingerprint density at radius 2 is 1.79 bits per heavy atom. The Bertz CT molecular complexity index is 257. The smallest absolute Gasteiger partial charge is 0.328 e. The number of ether oxygens (including phenoxy) is 1. The van der Waals surface area contributed by atoms with Crippen molar-refractivity contribution in [2.75, 3.05) is 7.11 Å². The van der Waals surface area contributed by atoms with E-state index in [4.69, 9.17) is 4.74 Å². The molecule has 0 spiro atoms. The third-order valence-corrected chi connectivity index (χ3v) is 2.08. The van der Waals surface area contributed by atoms with Crippen LogP contribution >= 0.6 is 0 Å². The second-order valence-corrected chi connectivity index (χ2v) is 3.14. The Morgan fingerprint density at radius 3 is 2.21 bits per heavy atom. The molecule has 1 unspecified atom stereocenters. The Morgan fingerprint density at radius 1 is 1.29 bits per heavy atom. The van der Waals surface area contributed by atoms with Crippen LogP contribution < -0.4 is 10.6 Å². The van der Waals surface area contributed by atoms with Crippen molar-refractivity contribution in [3.63, 3.8) is 0 Å². The topological polar surface area (TPSA) is 84.5 Å². The summed E-state index contributed by atoms with van der Waals surface area (Å²) in [4.78, 5) is 33.1. The number of urea groups is 1. The highest BCUT2D eigenvalue weighted by atomic mass is 16.5. The number of hydrogen-bond acceptors (Lipinski definition) is 4. The third kappa shape index (κ3) is 2.29. The van der Waals surface area contributed by atoms with Gasteiger partial charge in [0.2, 0.25) is 11.8 Å². The van der Waals surface area contributed by atoms with E-state index in [1.165, 1.54) is 7.11 Å². The lowest BCUT2D eigenvalue weighted by molar-refractivity contribution is -0.137. The summed E-state index contributed by atoms with van der Waals surface area (Å²) in [7, 11) is 1.49. The number of methoxy groups -OCH3 is 1. The zero-order chi connectivity index (χ0) is 10.7. The Balaban J connectivity index is 2.63. The van der Waals surface area contributed by atoms with Crippen molar-refractivity contribution >= 4 is 17.8 Å². The summed E-state index contributed by atoms with van der Waals surface area (Å²) >= 11 is 0. The maximum atomic E-state index is 11.2. The Kier molecular flexibility index (Phi) is 3.19. The van der Waals surface area contributed by atoms with E-state index in [1.807, 2.05) is 10.6 Å². The average Bonchev–Trinajstić information content (AvgIpc) is 2.10. The molecule has 0 bridgehead atoms. The van der Waals surface area contributed by atoms with E-state index in [-0.39, 0.29) is 12.5 Å². The number of imide groups is 2. The number of carbonyl (C=O) groups is 3. The van der Waals surface area contributed by atoms with Gasteiger partial charge in [-0.25, -0.2) is 4.79 Å². The van der Waals surface area contributed by atoms with Crippen molar-refractivity contribution in [1.82, 2.24) is 10.6 Å². The van der Waals surface area contributed by atoms with Crippen LogP contribution in [0, 0.1) is 5.92 Å². The minimum Gasteiger partial charge on any atom is -0.382 e. The Hall–Kier alpha value is -1.43. The zero-order valence-electron chi connectivity index (χ0n) is 7.99. The van der Waals surface area contributed by atoms with E-state index in [9.17, 15) is 14.4 Å². The highest BCUT2D eigenvalue weighted by molar-refractivity contribution is 6.16. The van der Waals surface area contributed by atoms with Crippen molar-refractivity contribution in [1.29, 1.82) is 0 Å². The maximum absolute atomic E-state index is 11.2. The van der Waals surface area contributed by atoms with Gasteiger partial charge in [-0.3, -0.25) is 20.2 Å². The lowest BCUT2D eigenvalue weighted by Gasteiger charge is -2.22. The fourth-order valence-corrected chi connectivity index (χ4v) is 1.19. The van der Waals surface area contributed by atoms with Gasteiger partial charge in [-0.1, -0.05) is 0 Å². The quantitative estimate of drug-likeness (QED) is 0.595. The molecule has 0 aromatic rings. The van der Waals surface area contributed by atoms with Crippen LogP contribution in [0.5, 0.6) is 0 Å². The molecule has 0 saturated carbocycles. The van der Waals surface area contributed by atoms with E-state index < -0.39 is 23.8 Å². The van der Waals surface area contributed by atoms with Gasteiger partial charge in [-0.2, -0.15) is 0 Å². The van der Waals surface area contributed by atoms with E-state index in [2.05, 4.69) is 0 Å². The summed E-state index contributed by atoms with van der Waals surface area (Å²) in [5, 5.41) is 4.05. The molecule has 0 radical (unpaired) electrons. The molecule has 1 atom stereocenters. The molecular formula is C8H12N2O4. The van der Waals surface area contributed by atoms with Gasteiger partial charge in [0.25, 0.3) is 0 Å². The Labute approximate surface area is 81.0 Å². The van der Waals surface area contributed by atoms with Crippen LogP contribution in [-0.2, 0) is 14.3 Å². The van der Waals surface area contributed by atoms with Crippen LogP contribution in [-0.4, -0.2) is 31.1 Å². The molecule has 0 aliphatic carbocycles. The highest BCUT2D eigenvalue weighted by Crippen LogP contribution is 2.11. The van der Waals surface area contributed by atoms with Gasteiger partial charge >= 0.3 is 6.03 Å². The van der Waals surface area contributed by atoms with Crippen LogP contribution in [0.3, 0.4) is 0 Å². The van der Waals surface area contributed by atoms with Crippen LogP contribution in [0.25, 0.3) is 0 Å². The minimum absolute atomic E-state index is 0.204. The van der Waals surface area contributed by atoms with Crippen LogP contribution in [0.4, 0.5) is 4.79 Å². The molecule has 2 N–H and O–H groups in total. The fraction of sp³-hybridized carbons (Fsp3) is 0.625. The van der Waals surface area contributed by atoms with Crippen LogP contribution in [0.1, 0.15) is 13.3 Å². The van der Waals surface area contributed by atoms with Crippen molar-refractivity contribution in [3.8, 4) is 0 Å². The van der Waals surface area contributed by atoms with Crippen molar-refractivity contribution in [2.24, 2.45) is 5.92 Å². The van der Waals surface area contributed by atoms with Gasteiger partial charge in [-0.15, -0.1) is 0 Å². The molecule has 4 amide bonds. The molecule has 1 saturated heterocycles. The van der Waals surface area contributed by atoms with Crippen LogP contribution in [0.15, 0.2) is 0 Å². The molecule has 1 heterocycles. The van der Waals surface area contributed by atoms with E-state index in [0.29, 0.717) is 0 Å². The van der Waals surface area contributed by atoms with Gasteiger partial charge in [-0.05, 0) is 13.3 Å². The maximum Gasteiger partial charge on any atom is 0.328 e. The first-order valence-electron chi connectivity index (χ1n) is 4.23. The summed E-state index contributed by atoms with van der Waals surface area (Å²) in [5.41, 5.74) is 0. The molecular weight excluding hydrogens is 188 g/mol. The van der Waals surface area contributed by atoms with Crippen molar-refractivity contribution in [2.45, 2.75) is 19.4 Å². The van der Waals surface area contributed by atoms with Gasteiger partial charge in [0, 0.05) is 7.11 Å². The number of carbonyl (C=O) groups excluding carboxylic acids is 3. The molecule has 0 aromatic carbocycles. The molecule has 1 aliphatic rings. The molecule has 1 aliphatic heterocycles.